The van der Waals surface area contributed by atoms with Gasteiger partial charge < -0.3 is 35.8 Å². The summed E-state index contributed by atoms with van der Waals surface area (Å²) in [5, 5.41) is 29.7. The maximum absolute atomic E-state index is 16.1. The van der Waals surface area contributed by atoms with Crippen LogP contribution in [0, 0.1) is 28.5 Å². The molecule has 23 heteroatoms. The van der Waals surface area contributed by atoms with Crippen molar-refractivity contribution in [1.82, 2.24) is 41.3 Å². The molecule has 2 aromatic heterocycles. The van der Waals surface area contributed by atoms with Gasteiger partial charge in [-0.15, -0.1) is 0 Å². The Bertz CT molecular complexity index is 2660. The number of amides is 4. The van der Waals surface area contributed by atoms with Gasteiger partial charge in [0.25, 0.3) is 5.91 Å². The zero-order valence-corrected chi connectivity index (χ0v) is 42.6. The number of alkyl carbamates (subject to hydrolysis) is 1. The maximum atomic E-state index is 16.1. The van der Waals surface area contributed by atoms with Crippen molar-refractivity contribution in [3.05, 3.63) is 112 Å². The van der Waals surface area contributed by atoms with Gasteiger partial charge >= 0.3 is 18.4 Å². The van der Waals surface area contributed by atoms with Crippen LogP contribution in [0.3, 0.4) is 0 Å². The molecular weight excluding hydrogens is 1010 g/mol. The molecule has 2 aliphatic heterocycles. The van der Waals surface area contributed by atoms with E-state index in [-0.39, 0.29) is 29.1 Å². The van der Waals surface area contributed by atoms with E-state index in [1.54, 1.807) is 60.8 Å². The number of aliphatic hydroxyl groups excluding tert-OH is 1. The molecule has 0 aliphatic carbocycles. The molecule has 6 unspecified atom stereocenters. The van der Waals surface area contributed by atoms with Crippen LogP contribution in [0.1, 0.15) is 62.8 Å². The molecule has 6 rings (SSSR count). The van der Waals surface area contributed by atoms with E-state index < -0.39 is 104 Å². The fourth-order valence-corrected chi connectivity index (χ4v) is 9.26. The highest BCUT2D eigenvalue weighted by Crippen LogP contribution is 2.35. The van der Waals surface area contributed by atoms with Crippen molar-refractivity contribution in [2.45, 2.75) is 96.0 Å². The molecule has 4 amide bonds. The summed E-state index contributed by atoms with van der Waals surface area (Å²) in [5.74, 6) is 3.86. The van der Waals surface area contributed by atoms with E-state index in [4.69, 9.17) is 16.3 Å². The average Bonchev–Trinajstić information content (AvgIpc) is 3.57. The summed E-state index contributed by atoms with van der Waals surface area (Å²) < 4.78 is 89.3. The second kappa shape index (κ2) is 24.8. The average molecular weight is 1070 g/mol. The number of halogens is 7. The summed E-state index contributed by atoms with van der Waals surface area (Å²) in [5.41, 5.74) is 1.54. The van der Waals surface area contributed by atoms with Crippen molar-refractivity contribution in [3.63, 3.8) is 0 Å². The van der Waals surface area contributed by atoms with Crippen LogP contribution in [0.25, 0.3) is 11.3 Å². The molecule has 16 nitrogen and oxygen atoms in total. The maximum Gasteiger partial charge on any atom is 0.407 e. The Morgan fingerprint density at radius 2 is 1.49 bits per heavy atom. The van der Waals surface area contributed by atoms with Crippen molar-refractivity contribution in [2.24, 2.45) is 10.8 Å². The van der Waals surface area contributed by atoms with Gasteiger partial charge in [0.15, 0.2) is 0 Å². The fourth-order valence-electron chi connectivity index (χ4n) is 9.00. The number of methoxy groups -OCH3 is 1. The van der Waals surface area contributed by atoms with E-state index >= 15 is 4.39 Å². The van der Waals surface area contributed by atoms with Crippen LogP contribution in [-0.4, -0.2) is 143 Å². The number of aliphatic hydroxyl groups is 1. The van der Waals surface area contributed by atoms with Crippen molar-refractivity contribution in [2.75, 3.05) is 51.5 Å². The number of hydrogen-bond donors (Lipinski definition) is 6. The second-order valence-electron chi connectivity index (χ2n) is 20.0. The number of nitrogens with zero attached hydrogens (tertiary/aromatic N) is 5. The highest BCUT2D eigenvalue weighted by Gasteiger charge is 2.45. The van der Waals surface area contributed by atoms with Crippen LogP contribution in [0.2, 0.25) is 5.02 Å². The highest BCUT2D eigenvalue weighted by molar-refractivity contribution is 6.31. The van der Waals surface area contributed by atoms with E-state index in [2.05, 4.69) is 37.9 Å². The van der Waals surface area contributed by atoms with Crippen molar-refractivity contribution in [1.29, 1.82) is 0 Å². The Hall–Kier alpha value is -6.67. The molecule has 0 saturated carbocycles. The number of ether oxygens (including phenoxy) is 1. The van der Waals surface area contributed by atoms with Crippen molar-refractivity contribution in [3.8, 4) is 23.1 Å². The number of hydrazine groups is 1. The number of carbonyl (C=O) groups is 4. The first-order valence-corrected chi connectivity index (χ1v) is 24.3. The summed E-state index contributed by atoms with van der Waals surface area (Å²) in [7, 11) is 1.05. The Labute approximate surface area is 435 Å². The molecule has 4 heterocycles. The monoisotopic (exact) mass is 1070 g/mol. The molecule has 2 aromatic carbocycles. The molecular formula is C52H60ClF6N9O7. The molecule has 0 spiro atoms. The first-order valence-electron chi connectivity index (χ1n) is 23.9. The summed E-state index contributed by atoms with van der Waals surface area (Å²) in [4.78, 5) is 64.6. The van der Waals surface area contributed by atoms with Gasteiger partial charge in [-0.25, -0.2) is 24.0 Å². The third kappa shape index (κ3) is 15.5. The van der Waals surface area contributed by atoms with E-state index in [9.17, 15) is 51.3 Å². The van der Waals surface area contributed by atoms with Crippen LogP contribution in [-0.2, 0) is 27.3 Å². The smallest absolute Gasteiger partial charge is 0.407 e. The number of alkyl halides is 5. The van der Waals surface area contributed by atoms with Gasteiger partial charge in [-0.1, -0.05) is 69.3 Å². The minimum Gasteiger partial charge on any atom is -0.465 e. The molecule has 2 fully saturated rings. The predicted octanol–water partition coefficient (Wildman–Crippen LogP) is 6.83. The molecule has 75 heavy (non-hydrogen) atoms. The Balaban J connectivity index is 1.26. The Morgan fingerprint density at radius 3 is 2.04 bits per heavy atom. The number of carbonyl (C=O) groups excluding carboxylic acids is 3. The lowest BCUT2D eigenvalue weighted by Crippen LogP contribution is -2.61. The fraction of sp³-hybridized carbons (Fsp3) is 0.462. The van der Waals surface area contributed by atoms with Crippen LogP contribution >= 0.6 is 11.6 Å². The molecule has 2 bridgehead atoms. The zero-order chi connectivity index (χ0) is 54.8. The number of piperazine rings is 1. The van der Waals surface area contributed by atoms with Gasteiger partial charge in [-0.05, 0) is 73.4 Å². The third-order valence-corrected chi connectivity index (χ3v) is 13.6. The minimum absolute atomic E-state index is 0.119. The number of carboxylic acid groups (broad SMARTS) is 1. The van der Waals surface area contributed by atoms with E-state index in [1.807, 2.05) is 10.2 Å². The highest BCUT2D eigenvalue weighted by atomic mass is 35.5. The lowest BCUT2D eigenvalue weighted by atomic mass is 9.84. The number of rotatable bonds is 20. The van der Waals surface area contributed by atoms with E-state index in [0.717, 1.165) is 18.2 Å². The summed E-state index contributed by atoms with van der Waals surface area (Å²) >= 11 is 6.66. The number of benzene rings is 2. The number of hydrogen-bond acceptors (Lipinski definition) is 11. The molecule has 404 valence electrons. The van der Waals surface area contributed by atoms with Gasteiger partial charge in [0.2, 0.25) is 5.91 Å². The number of aromatic nitrogens is 2. The molecule has 2 aliphatic rings. The number of pyridine rings is 2. The lowest BCUT2D eigenvalue weighted by molar-refractivity contribution is -0.153. The molecule has 6 atom stereocenters. The second-order valence-corrected chi connectivity index (χ2v) is 20.4. The molecule has 0 radical (unpaired) electrons. The molecule has 6 N–H and O–H groups in total. The predicted molar refractivity (Wildman–Crippen MR) is 267 cm³/mol. The first kappa shape index (κ1) is 57.6. The van der Waals surface area contributed by atoms with Gasteiger partial charge in [-0.2, -0.15) is 13.2 Å². The van der Waals surface area contributed by atoms with Gasteiger partial charge in [0, 0.05) is 88.8 Å². The topological polar surface area (TPSA) is 202 Å². The van der Waals surface area contributed by atoms with Crippen molar-refractivity contribution < 1.29 is 60.5 Å². The van der Waals surface area contributed by atoms with Gasteiger partial charge in [0.1, 0.15) is 23.7 Å². The molecule has 2 saturated heterocycles. The summed E-state index contributed by atoms with van der Waals surface area (Å²) in [6.45, 7) is 1.87. The number of fused-ring (bicyclic) bond motifs is 2. The largest absolute Gasteiger partial charge is 0.465 e. The molecule has 4 aromatic rings. The van der Waals surface area contributed by atoms with Gasteiger partial charge in [0.05, 0.1) is 44.8 Å². The number of nitrogens with one attached hydrogen (secondary N) is 4. The quantitative estimate of drug-likeness (QED) is 0.0307. The normalized spacial score (nSPS) is 17.5. The summed E-state index contributed by atoms with van der Waals surface area (Å²) in [6, 6.07) is 12.8. The van der Waals surface area contributed by atoms with E-state index in [0.29, 0.717) is 59.7 Å². The van der Waals surface area contributed by atoms with Gasteiger partial charge in [-0.3, -0.25) is 33.7 Å². The van der Waals surface area contributed by atoms with Crippen LogP contribution < -0.4 is 26.3 Å². The minimum atomic E-state index is -4.27. The Morgan fingerprint density at radius 1 is 0.867 bits per heavy atom. The Kier molecular flexibility index (Phi) is 19.0. The number of anilines is 1. The SMILES string of the molecule is COC(=O)NC(C(=O)NC(Cc1ccc(C#Cc2ccc(N3CC4CCC(C3)N4CC(F)(F)F)nc2)cc1)C(O)CN(Cc1c(F)cc(-c2ccccn2)cc1Cl)NC(=O)C(NC(=O)O)C(C)(C)CF)C(C)(C)CF. The standard InChI is InChI=1S/C52H60ClF6N9O7/c1-50(2,28-54)44(64-49(74)75-5)46(70)62-41(20-32-12-9-31(10-13-32)11-14-33-15-18-43(61-23-33)66-24-35-16-17-36(25-66)68(35)30-52(57,58)59)42(69)27-67(65-47(71)45(63-48(72)73)51(3,4)29-55)26-37-38(53)21-34(22-39(37)56)40-8-6-7-19-60-40/h6-10,12-13,15,18-19,21-23,35-36,41-42,44-45,63,69H,16-17,20,24-30H2,1-5H3,(H,62,70)(H,64,74)(H,65,71)(H,72,73). The van der Waals surface area contributed by atoms with Crippen LogP contribution in [0.15, 0.2) is 79.1 Å². The van der Waals surface area contributed by atoms with E-state index in [1.165, 1.54) is 44.9 Å². The van der Waals surface area contributed by atoms with Crippen LogP contribution in [0.4, 0.5) is 41.7 Å². The lowest BCUT2D eigenvalue weighted by Gasteiger charge is -2.41. The third-order valence-electron chi connectivity index (χ3n) is 13.2. The van der Waals surface area contributed by atoms with Crippen LogP contribution in [0.5, 0.6) is 0 Å². The van der Waals surface area contributed by atoms with Crippen molar-refractivity contribution >= 4 is 41.4 Å². The summed E-state index contributed by atoms with van der Waals surface area (Å²) in [6.07, 6.45) is -4.37. The zero-order valence-electron chi connectivity index (χ0n) is 41.9. The first-order chi connectivity index (χ1) is 35.4.